The van der Waals surface area contributed by atoms with E-state index >= 15 is 0 Å². The largest absolute Gasteiger partial charge is 0.463 e. The Morgan fingerprint density at radius 1 is 0.964 bits per heavy atom. The molecule has 2 heterocycles. The highest BCUT2D eigenvalue weighted by Gasteiger charge is 2.63. The van der Waals surface area contributed by atoms with Crippen LogP contribution in [0.15, 0.2) is 30.3 Å². The Kier molecular flexibility index (Phi) is 6.04. The van der Waals surface area contributed by atoms with Crippen LogP contribution in [0.4, 0.5) is 0 Å². The van der Waals surface area contributed by atoms with Gasteiger partial charge in [0, 0.05) is 13.8 Å². The lowest BCUT2D eigenvalue weighted by Crippen LogP contribution is -2.53. The van der Waals surface area contributed by atoms with Crippen molar-refractivity contribution in [3.05, 3.63) is 35.9 Å². The lowest BCUT2D eigenvalue weighted by Gasteiger charge is -2.35. The van der Waals surface area contributed by atoms with Gasteiger partial charge in [-0.2, -0.15) is 0 Å². The number of carbonyl (C=O) groups excluding carboxylic acids is 2. The van der Waals surface area contributed by atoms with Crippen LogP contribution in [0.3, 0.4) is 0 Å². The first-order chi connectivity index (χ1) is 13.2. The molecule has 1 aromatic rings. The molecule has 28 heavy (non-hydrogen) atoms. The van der Waals surface area contributed by atoms with Gasteiger partial charge in [-0.05, 0) is 19.4 Å². The molecule has 8 heteroatoms. The van der Waals surface area contributed by atoms with E-state index < -0.39 is 41.8 Å². The Morgan fingerprint density at radius 3 is 2.14 bits per heavy atom. The molecule has 8 nitrogen and oxygen atoms in total. The summed E-state index contributed by atoms with van der Waals surface area (Å²) in [7, 11) is 0. The van der Waals surface area contributed by atoms with E-state index in [4.69, 9.17) is 28.4 Å². The van der Waals surface area contributed by atoms with E-state index in [2.05, 4.69) is 0 Å². The Bertz CT molecular complexity index is 683. The second-order valence-electron chi connectivity index (χ2n) is 7.43. The molecule has 2 aliphatic heterocycles. The molecule has 0 spiro atoms. The normalized spacial score (nSPS) is 27.2. The van der Waals surface area contributed by atoms with Crippen molar-refractivity contribution < 1.29 is 38.0 Å². The summed E-state index contributed by atoms with van der Waals surface area (Å²) >= 11 is 0. The number of ether oxygens (including phenoxy) is 6. The summed E-state index contributed by atoms with van der Waals surface area (Å²) in [6.07, 6.45) is -1.98. The minimum absolute atomic E-state index is 0.158. The van der Waals surface area contributed by atoms with Gasteiger partial charge in [-0.15, -0.1) is 0 Å². The SMILES string of the molecule is CC(=O)OCC1(COC(C)=O)O[C@@H]2OC(C)(C)O[C@@H]2[C@H]1OCc1ccccc1. The molecular formula is C20H26O8. The molecule has 0 amide bonds. The lowest BCUT2D eigenvalue weighted by molar-refractivity contribution is -0.261. The number of carbonyl (C=O) groups is 2. The average Bonchev–Trinajstić information content (AvgIpc) is 3.06. The smallest absolute Gasteiger partial charge is 0.302 e. The number of fused-ring (bicyclic) bond motifs is 1. The van der Waals surface area contributed by atoms with Crippen LogP contribution >= 0.6 is 0 Å². The Labute approximate surface area is 164 Å². The third kappa shape index (κ3) is 4.70. The van der Waals surface area contributed by atoms with E-state index in [-0.39, 0.29) is 19.8 Å². The first kappa shape index (κ1) is 20.7. The van der Waals surface area contributed by atoms with E-state index in [0.717, 1.165) is 5.56 Å². The van der Waals surface area contributed by atoms with E-state index in [1.807, 2.05) is 30.3 Å². The molecule has 2 fully saturated rings. The van der Waals surface area contributed by atoms with Gasteiger partial charge in [0.1, 0.15) is 25.4 Å². The van der Waals surface area contributed by atoms with Gasteiger partial charge in [0.2, 0.25) is 0 Å². The summed E-state index contributed by atoms with van der Waals surface area (Å²) in [6.45, 7) is 6.12. The average molecular weight is 394 g/mol. The Morgan fingerprint density at radius 2 is 1.57 bits per heavy atom. The van der Waals surface area contributed by atoms with Gasteiger partial charge in [0.15, 0.2) is 17.7 Å². The molecule has 0 N–H and O–H groups in total. The Hall–Kier alpha value is -2.00. The van der Waals surface area contributed by atoms with Gasteiger partial charge >= 0.3 is 11.9 Å². The summed E-state index contributed by atoms with van der Waals surface area (Å²) < 4.78 is 34.5. The van der Waals surface area contributed by atoms with Crippen LogP contribution in [0.2, 0.25) is 0 Å². The molecule has 0 bridgehead atoms. The van der Waals surface area contributed by atoms with Crippen LogP contribution in [0, 0.1) is 0 Å². The molecule has 0 radical (unpaired) electrons. The maximum Gasteiger partial charge on any atom is 0.302 e. The second-order valence-corrected chi connectivity index (χ2v) is 7.43. The molecule has 1 aromatic carbocycles. The highest BCUT2D eigenvalue weighted by atomic mass is 16.9. The first-order valence-electron chi connectivity index (χ1n) is 9.16. The van der Waals surface area contributed by atoms with Gasteiger partial charge in [-0.1, -0.05) is 30.3 Å². The van der Waals surface area contributed by atoms with Gasteiger partial charge in [0.25, 0.3) is 0 Å². The number of hydrogen-bond donors (Lipinski definition) is 0. The van der Waals surface area contributed by atoms with Gasteiger partial charge in [-0.25, -0.2) is 0 Å². The minimum Gasteiger partial charge on any atom is -0.463 e. The highest BCUT2D eigenvalue weighted by molar-refractivity contribution is 5.66. The van der Waals surface area contributed by atoms with Crippen LogP contribution < -0.4 is 0 Å². The molecule has 0 unspecified atom stereocenters. The molecule has 0 aliphatic carbocycles. The van der Waals surface area contributed by atoms with Crippen LogP contribution in [-0.4, -0.2) is 55.0 Å². The fourth-order valence-electron chi connectivity index (χ4n) is 3.38. The monoisotopic (exact) mass is 394 g/mol. The zero-order valence-corrected chi connectivity index (χ0v) is 16.5. The van der Waals surface area contributed by atoms with Crippen molar-refractivity contribution in [3.8, 4) is 0 Å². The lowest BCUT2D eigenvalue weighted by atomic mass is 9.96. The molecule has 2 aliphatic rings. The number of benzene rings is 1. The quantitative estimate of drug-likeness (QED) is 0.649. The van der Waals surface area contributed by atoms with Crippen LogP contribution in [0.1, 0.15) is 33.3 Å². The van der Waals surface area contributed by atoms with E-state index in [0.29, 0.717) is 0 Å². The molecule has 154 valence electrons. The summed E-state index contributed by atoms with van der Waals surface area (Å²) in [5.41, 5.74) is -0.282. The van der Waals surface area contributed by atoms with Crippen molar-refractivity contribution in [2.24, 2.45) is 0 Å². The topological polar surface area (TPSA) is 89.5 Å². The molecule has 0 saturated carbocycles. The van der Waals surface area contributed by atoms with Crippen LogP contribution in [-0.2, 0) is 44.6 Å². The molecule has 3 atom stereocenters. The molecule has 3 rings (SSSR count). The van der Waals surface area contributed by atoms with Crippen molar-refractivity contribution in [2.75, 3.05) is 13.2 Å². The second kappa shape index (κ2) is 8.16. The van der Waals surface area contributed by atoms with Crippen molar-refractivity contribution in [3.63, 3.8) is 0 Å². The van der Waals surface area contributed by atoms with Gasteiger partial charge in [0.05, 0.1) is 6.61 Å². The number of rotatable bonds is 7. The van der Waals surface area contributed by atoms with Crippen molar-refractivity contribution in [2.45, 2.75) is 64.2 Å². The van der Waals surface area contributed by atoms with Crippen molar-refractivity contribution in [1.29, 1.82) is 0 Å². The zero-order chi connectivity index (χ0) is 20.4. The van der Waals surface area contributed by atoms with E-state index in [9.17, 15) is 9.59 Å². The van der Waals surface area contributed by atoms with Crippen LogP contribution in [0.5, 0.6) is 0 Å². The van der Waals surface area contributed by atoms with E-state index in [1.54, 1.807) is 13.8 Å². The summed E-state index contributed by atoms with van der Waals surface area (Å²) in [5.74, 6) is -1.81. The summed E-state index contributed by atoms with van der Waals surface area (Å²) in [6, 6.07) is 9.61. The summed E-state index contributed by atoms with van der Waals surface area (Å²) in [4.78, 5) is 22.9. The molecule has 0 aromatic heterocycles. The third-order valence-electron chi connectivity index (χ3n) is 4.57. The number of hydrogen-bond acceptors (Lipinski definition) is 8. The Balaban J connectivity index is 1.85. The summed E-state index contributed by atoms with van der Waals surface area (Å²) in [5, 5.41) is 0. The van der Waals surface area contributed by atoms with E-state index in [1.165, 1.54) is 13.8 Å². The maximum atomic E-state index is 11.4. The molecule has 2 saturated heterocycles. The van der Waals surface area contributed by atoms with Gasteiger partial charge < -0.3 is 28.4 Å². The molecular weight excluding hydrogens is 368 g/mol. The predicted octanol–water partition coefficient (Wildman–Crippen LogP) is 1.94. The minimum atomic E-state index is -1.24. The highest BCUT2D eigenvalue weighted by Crippen LogP contribution is 2.44. The number of esters is 2. The third-order valence-corrected chi connectivity index (χ3v) is 4.57. The standard InChI is InChI=1S/C20H26O8/c1-13(21)24-11-20(12-25-14(2)22)17(23-10-15-8-6-5-7-9-15)16-18(28-20)27-19(3,4)26-16/h5-9,16-18H,10-12H2,1-4H3/t16-,17-,18+/m1/s1. The van der Waals surface area contributed by atoms with Crippen molar-refractivity contribution >= 4 is 11.9 Å². The van der Waals surface area contributed by atoms with Crippen molar-refractivity contribution in [1.82, 2.24) is 0 Å². The fourth-order valence-corrected chi connectivity index (χ4v) is 3.38. The van der Waals surface area contributed by atoms with Gasteiger partial charge in [-0.3, -0.25) is 9.59 Å². The predicted molar refractivity (Wildman–Crippen MR) is 95.9 cm³/mol. The first-order valence-corrected chi connectivity index (χ1v) is 9.16. The van der Waals surface area contributed by atoms with Crippen LogP contribution in [0.25, 0.3) is 0 Å². The maximum absolute atomic E-state index is 11.4. The zero-order valence-electron chi connectivity index (χ0n) is 16.5. The fraction of sp³-hybridized carbons (Fsp3) is 0.600.